The van der Waals surface area contributed by atoms with Crippen LogP contribution in [0.4, 0.5) is 11.4 Å². The number of rotatable bonds is 8. The fourth-order valence-corrected chi connectivity index (χ4v) is 5.37. The highest BCUT2D eigenvalue weighted by Crippen LogP contribution is 2.20. The van der Waals surface area contributed by atoms with Crippen LogP contribution in [0.3, 0.4) is 0 Å². The molecule has 0 aliphatic rings. The van der Waals surface area contributed by atoms with Crippen molar-refractivity contribution in [1.29, 1.82) is 0 Å². The van der Waals surface area contributed by atoms with Crippen molar-refractivity contribution in [1.82, 2.24) is 4.72 Å². The van der Waals surface area contributed by atoms with Crippen LogP contribution in [0, 0.1) is 6.92 Å². The lowest BCUT2D eigenvalue weighted by Crippen LogP contribution is -2.40. The van der Waals surface area contributed by atoms with Crippen LogP contribution in [0.2, 0.25) is 0 Å². The van der Waals surface area contributed by atoms with Crippen molar-refractivity contribution in [2.75, 3.05) is 15.8 Å². The quantitative estimate of drug-likeness (QED) is 0.549. The van der Waals surface area contributed by atoms with Crippen molar-refractivity contribution >= 4 is 37.3 Å². The fourth-order valence-electron chi connectivity index (χ4n) is 2.79. The number of anilines is 2. The molecule has 0 aliphatic carbocycles. The van der Waals surface area contributed by atoms with Crippen molar-refractivity contribution in [2.45, 2.75) is 51.5 Å². The van der Waals surface area contributed by atoms with Crippen LogP contribution in [0.15, 0.2) is 47.4 Å². The molecule has 0 radical (unpaired) electrons. The second-order valence-corrected chi connectivity index (χ2v) is 11.8. The smallest absolute Gasteiger partial charge is 0.255 e. The summed E-state index contributed by atoms with van der Waals surface area (Å²) in [5.74, 6) is -0.446. The average molecular weight is 468 g/mol. The number of aryl methyl sites for hydroxylation is 1. The zero-order valence-electron chi connectivity index (χ0n) is 18.3. The molecule has 0 saturated carbocycles. The molecule has 0 saturated heterocycles. The number of nitrogens with one attached hydrogen (secondary N) is 3. The highest BCUT2D eigenvalue weighted by atomic mass is 32.2. The molecule has 2 aromatic rings. The van der Waals surface area contributed by atoms with Crippen LogP contribution in [0.5, 0.6) is 0 Å². The van der Waals surface area contributed by atoms with Crippen molar-refractivity contribution in [3.63, 3.8) is 0 Å². The zero-order valence-corrected chi connectivity index (χ0v) is 19.9. The maximum absolute atomic E-state index is 12.8. The lowest BCUT2D eigenvalue weighted by molar-refractivity contribution is 0.102. The van der Waals surface area contributed by atoms with E-state index in [1.54, 1.807) is 65.0 Å². The maximum atomic E-state index is 12.8. The van der Waals surface area contributed by atoms with E-state index in [1.165, 1.54) is 12.1 Å². The number of carbonyl (C=O) groups is 1. The summed E-state index contributed by atoms with van der Waals surface area (Å²) in [5, 5.41) is 2.71. The summed E-state index contributed by atoms with van der Waals surface area (Å²) in [7, 11) is -7.19. The first kappa shape index (κ1) is 24.8. The molecule has 2 aromatic carbocycles. The van der Waals surface area contributed by atoms with Crippen molar-refractivity contribution in [3.05, 3.63) is 53.6 Å². The number of hydrogen-bond donors (Lipinski definition) is 3. The Kier molecular flexibility index (Phi) is 7.51. The molecule has 170 valence electrons. The third-order valence-corrected chi connectivity index (χ3v) is 7.34. The van der Waals surface area contributed by atoms with E-state index in [9.17, 15) is 21.6 Å². The minimum absolute atomic E-state index is 0.00106. The van der Waals surface area contributed by atoms with Crippen molar-refractivity contribution < 1.29 is 21.6 Å². The molecule has 1 amide bonds. The molecule has 0 fully saturated rings. The van der Waals surface area contributed by atoms with Gasteiger partial charge < -0.3 is 5.32 Å². The third-order valence-electron chi connectivity index (χ3n) is 4.09. The van der Waals surface area contributed by atoms with Crippen LogP contribution in [-0.4, -0.2) is 34.0 Å². The molecule has 0 aliphatic heterocycles. The monoisotopic (exact) mass is 467 g/mol. The van der Waals surface area contributed by atoms with E-state index in [0.29, 0.717) is 23.4 Å². The molecule has 0 bridgehead atoms. The fraction of sp³-hybridized carbons (Fsp3) is 0.381. The minimum atomic E-state index is -3.79. The predicted molar refractivity (Wildman–Crippen MR) is 123 cm³/mol. The van der Waals surface area contributed by atoms with Gasteiger partial charge in [-0.15, -0.1) is 0 Å². The van der Waals surface area contributed by atoms with Crippen LogP contribution in [0.25, 0.3) is 0 Å². The molecule has 10 heteroatoms. The number of hydrogen-bond acceptors (Lipinski definition) is 5. The topological polar surface area (TPSA) is 121 Å². The standard InChI is InChI=1S/C21H29N3O5S2/c1-6-13-30(26,27)23-17-10-8-16(9-11-17)22-20(25)19-14-18(12-7-15(19)2)31(28,29)24-21(3,4)5/h7-12,14,23-24H,6,13H2,1-5H3,(H,22,25). The Hall–Kier alpha value is -2.43. The van der Waals surface area contributed by atoms with Gasteiger partial charge in [-0.3, -0.25) is 9.52 Å². The van der Waals surface area contributed by atoms with E-state index in [2.05, 4.69) is 14.8 Å². The second kappa shape index (κ2) is 9.37. The summed E-state index contributed by atoms with van der Waals surface area (Å²) in [6.07, 6.45) is 0.503. The van der Waals surface area contributed by atoms with E-state index >= 15 is 0 Å². The largest absolute Gasteiger partial charge is 0.322 e. The normalized spacial score (nSPS) is 12.4. The Morgan fingerprint density at radius 3 is 2.06 bits per heavy atom. The van der Waals surface area contributed by atoms with Gasteiger partial charge in [0.15, 0.2) is 0 Å². The predicted octanol–water partition coefficient (Wildman–Crippen LogP) is 3.48. The first-order chi connectivity index (χ1) is 14.2. The van der Waals surface area contributed by atoms with Crippen molar-refractivity contribution in [2.24, 2.45) is 0 Å². The lowest BCUT2D eigenvalue weighted by atomic mass is 10.1. The first-order valence-electron chi connectivity index (χ1n) is 9.79. The molecule has 31 heavy (non-hydrogen) atoms. The molecule has 8 nitrogen and oxygen atoms in total. The highest BCUT2D eigenvalue weighted by Gasteiger charge is 2.23. The van der Waals surface area contributed by atoms with Gasteiger partial charge >= 0.3 is 0 Å². The van der Waals surface area contributed by atoms with Crippen molar-refractivity contribution in [3.8, 4) is 0 Å². The molecular weight excluding hydrogens is 438 g/mol. The van der Waals surface area contributed by atoms with E-state index in [0.717, 1.165) is 0 Å². The molecule has 0 aromatic heterocycles. The molecular formula is C21H29N3O5S2. The summed E-state index contributed by atoms with van der Waals surface area (Å²) in [6, 6.07) is 10.6. The van der Waals surface area contributed by atoms with Gasteiger partial charge in [0.2, 0.25) is 20.0 Å². The number of benzene rings is 2. The number of carbonyl (C=O) groups excluding carboxylic acids is 1. The summed E-state index contributed by atoms with van der Waals surface area (Å²) < 4.78 is 53.9. The second-order valence-electron chi connectivity index (χ2n) is 8.28. The van der Waals surface area contributed by atoms with E-state index in [4.69, 9.17) is 0 Å². The Labute approximate surface area is 184 Å². The Morgan fingerprint density at radius 2 is 1.52 bits per heavy atom. The van der Waals surface area contributed by atoms with Gasteiger partial charge in [0, 0.05) is 22.5 Å². The number of amides is 1. The molecule has 0 heterocycles. The summed E-state index contributed by atoms with van der Waals surface area (Å²) in [5.41, 5.74) is 1.03. The van der Waals surface area contributed by atoms with Gasteiger partial charge in [0.1, 0.15) is 0 Å². The van der Waals surface area contributed by atoms with Crippen LogP contribution < -0.4 is 14.8 Å². The third kappa shape index (κ3) is 7.34. The lowest BCUT2D eigenvalue weighted by Gasteiger charge is -2.20. The highest BCUT2D eigenvalue weighted by molar-refractivity contribution is 7.92. The van der Waals surface area contributed by atoms with Gasteiger partial charge in [-0.2, -0.15) is 0 Å². The van der Waals surface area contributed by atoms with Crippen LogP contribution in [-0.2, 0) is 20.0 Å². The van der Waals surface area contributed by atoms with Gasteiger partial charge in [-0.05, 0) is 76.1 Å². The molecule has 2 rings (SSSR count). The summed E-state index contributed by atoms with van der Waals surface area (Å²) >= 11 is 0. The Bertz CT molecular complexity index is 1150. The molecule has 0 unspecified atom stereocenters. The molecule has 0 atom stereocenters. The number of sulfonamides is 2. The molecule has 3 N–H and O–H groups in total. The Morgan fingerprint density at radius 1 is 0.935 bits per heavy atom. The maximum Gasteiger partial charge on any atom is 0.255 e. The van der Waals surface area contributed by atoms with E-state index < -0.39 is 31.5 Å². The molecule has 0 spiro atoms. The summed E-state index contributed by atoms with van der Waals surface area (Å²) in [4.78, 5) is 12.8. The van der Waals surface area contributed by atoms with Gasteiger partial charge in [0.05, 0.1) is 10.6 Å². The summed E-state index contributed by atoms with van der Waals surface area (Å²) in [6.45, 7) is 8.70. The van der Waals surface area contributed by atoms with E-state index in [-0.39, 0.29) is 16.2 Å². The van der Waals surface area contributed by atoms with Gasteiger partial charge in [-0.25, -0.2) is 21.6 Å². The van der Waals surface area contributed by atoms with Gasteiger partial charge in [0.25, 0.3) is 5.91 Å². The SMILES string of the molecule is CCCS(=O)(=O)Nc1ccc(NC(=O)c2cc(S(=O)(=O)NC(C)(C)C)ccc2C)cc1. The van der Waals surface area contributed by atoms with Gasteiger partial charge in [-0.1, -0.05) is 13.0 Å². The van der Waals surface area contributed by atoms with Crippen LogP contribution >= 0.6 is 0 Å². The Balaban J connectivity index is 2.21. The van der Waals surface area contributed by atoms with Crippen LogP contribution in [0.1, 0.15) is 50.0 Å². The minimum Gasteiger partial charge on any atom is -0.322 e. The zero-order chi connectivity index (χ0) is 23.4. The van der Waals surface area contributed by atoms with E-state index in [1.807, 2.05) is 0 Å². The average Bonchev–Trinajstić information content (AvgIpc) is 2.61. The first-order valence-corrected chi connectivity index (χ1v) is 12.9.